The molecule has 1 N–H and O–H groups in total. The van der Waals surface area contributed by atoms with E-state index in [1.54, 1.807) is 19.2 Å². The maximum atomic E-state index is 12.3. The molecule has 0 radical (unpaired) electrons. The molecule has 2 aromatic carbocycles. The Balaban J connectivity index is 1.55. The molecule has 1 amide bonds. The predicted molar refractivity (Wildman–Crippen MR) is 105 cm³/mol. The van der Waals surface area contributed by atoms with E-state index in [0.29, 0.717) is 22.5 Å². The lowest BCUT2D eigenvalue weighted by atomic mass is 10.2. The van der Waals surface area contributed by atoms with Crippen LogP contribution in [0.2, 0.25) is 5.02 Å². The van der Waals surface area contributed by atoms with E-state index in [-0.39, 0.29) is 17.7 Å². The highest BCUT2D eigenvalue weighted by Gasteiger charge is 2.16. The summed E-state index contributed by atoms with van der Waals surface area (Å²) in [6.07, 6.45) is 0. The minimum Gasteiger partial charge on any atom is -0.497 e. The van der Waals surface area contributed by atoms with Crippen molar-refractivity contribution in [3.05, 3.63) is 59.4 Å². The van der Waals surface area contributed by atoms with Crippen LogP contribution in [0.3, 0.4) is 0 Å². The number of ether oxygens (including phenoxy) is 1. The van der Waals surface area contributed by atoms with Gasteiger partial charge in [0.05, 0.1) is 18.9 Å². The van der Waals surface area contributed by atoms with Crippen molar-refractivity contribution in [3.63, 3.8) is 0 Å². The van der Waals surface area contributed by atoms with Crippen molar-refractivity contribution in [3.8, 4) is 17.1 Å². The van der Waals surface area contributed by atoms with Gasteiger partial charge in [0.1, 0.15) is 5.75 Å². The smallest absolute Gasteiger partial charge is 0.246 e. The maximum absolute atomic E-state index is 12.3. The monoisotopic (exact) mass is 403 g/mol. The molecule has 1 atom stereocenters. The lowest BCUT2D eigenvalue weighted by Crippen LogP contribution is -2.30. The fourth-order valence-corrected chi connectivity index (χ4v) is 3.30. The molecule has 3 rings (SSSR count). The van der Waals surface area contributed by atoms with Crippen LogP contribution >= 0.6 is 23.4 Å². The quantitative estimate of drug-likeness (QED) is 0.596. The highest BCUT2D eigenvalue weighted by atomic mass is 35.5. The first-order chi connectivity index (χ1) is 13.0. The molecule has 0 saturated carbocycles. The summed E-state index contributed by atoms with van der Waals surface area (Å²) in [5.41, 5.74) is 0.780. The number of hydrogen-bond donors (Lipinski definition) is 1. The Bertz CT molecular complexity index is 915. The molecule has 0 fully saturated rings. The second-order valence-corrected chi connectivity index (χ2v) is 7.53. The zero-order valence-electron chi connectivity index (χ0n) is 14.8. The summed E-state index contributed by atoms with van der Waals surface area (Å²) in [6, 6.07) is 14.7. The van der Waals surface area contributed by atoms with Crippen LogP contribution < -0.4 is 10.1 Å². The molecule has 0 unspecified atom stereocenters. The van der Waals surface area contributed by atoms with Gasteiger partial charge in [-0.3, -0.25) is 4.79 Å². The molecule has 1 aromatic heterocycles. The zero-order chi connectivity index (χ0) is 19.2. The van der Waals surface area contributed by atoms with E-state index in [9.17, 15) is 4.79 Å². The molecular weight excluding hydrogens is 386 g/mol. The fourth-order valence-electron chi connectivity index (χ4n) is 2.28. The summed E-state index contributed by atoms with van der Waals surface area (Å²) in [6.45, 7) is 2.01. The van der Waals surface area contributed by atoms with Crippen molar-refractivity contribution >= 4 is 29.3 Å². The standard InChI is InChI=1S/C19H18ClN3O3S/c1-12(27-16-8-6-14(20)7-9-16)19(24)21-11-17-22-18(23-26-17)13-4-3-5-15(10-13)25-2/h3-10,12H,11H2,1-2H3,(H,21,24)/t12-/m1/s1. The first-order valence-corrected chi connectivity index (χ1v) is 9.48. The molecule has 6 nitrogen and oxygen atoms in total. The van der Waals surface area contributed by atoms with Crippen LogP contribution in [0.5, 0.6) is 5.75 Å². The Morgan fingerprint density at radius 1 is 1.30 bits per heavy atom. The summed E-state index contributed by atoms with van der Waals surface area (Å²) in [5, 5.41) is 7.16. The number of hydrogen-bond acceptors (Lipinski definition) is 6. The minimum absolute atomic E-state index is 0.115. The second-order valence-electron chi connectivity index (χ2n) is 5.68. The lowest BCUT2D eigenvalue weighted by molar-refractivity contribution is -0.120. The molecule has 3 aromatic rings. The number of amides is 1. The highest BCUT2D eigenvalue weighted by Crippen LogP contribution is 2.25. The second kappa shape index (κ2) is 8.92. The number of methoxy groups -OCH3 is 1. The third-order valence-corrected chi connectivity index (χ3v) is 5.07. The van der Waals surface area contributed by atoms with Crippen LogP contribution in [0.25, 0.3) is 11.4 Å². The van der Waals surface area contributed by atoms with Gasteiger partial charge in [-0.25, -0.2) is 0 Å². The highest BCUT2D eigenvalue weighted by molar-refractivity contribution is 8.00. The summed E-state index contributed by atoms with van der Waals surface area (Å²) in [7, 11) is 1.60. The summed E-state index contributed by atoms with van der Waals surface area (Å²) in [5.74, 6) is 1.38. The third kappa shape index (κ3) is 5.24. The number of nitrogens with one attached hydrogen (secondary N) is 1. The van der Waals surface area contributed by atoms with Crippen molar-refractivity contribution in [2.24, 2.45) is 0 Å². The first kappa shape index (κ1) is 19.3. The van der Waals surface area contributed by atoms with Crippen molar-refractivity contribution in [1.29, 1.82) is 0 Å². The Morgan fingerprint density at radius 3 is 2.81 bits per heavy atom. The molecule has 0 aliphatic carbocycles. The molecule has 27 heavy (non-hydrogen) atoms. The number of rotatable bonds is 7. The number of carbonyl (C=O) groups excluding carboxylic acids is 1. The van der Waals surface area contributed by atoms with E-state index in [1.165, 1.54) is 11.8 Å². The summed E-state index contributed by atoms with van der Waals surface area (Å²) in [4.78, 5) is 17.6. The van der Waals surface area contributed by atoms with E-state index in [4.69, 9.17) is 20.9 Å². The fraction of sp³-hybridized carbons (Fsp3) is 0.211. The van der Waals surface area contributed by atoms with Gasteiger partial charge in [0.15, 0.2) is 0 Å². The minimum atomic E-state index is -0.271. The molecular formula is C19H18ClN3O3S. The van der Waals surface area contributed by atoms with Gasteiger partial charge in [-0.1, -0.05) is 28.9 Å². The molecule has 0 aliphatic rings. The number of halogens is 1. The molecule has 1 heterocycles. The number of benzene rings is 2. The number of aromatic nitrogens is 2. The normalized spacial score (nSPS) is 11.8. The SMILES string of the molecule is COc1cccc(-c2noc(CNC(=O)[C@@H](C)Sc3ccc(Cl)cc3)n2)c1. The van der Waals surface area contributed by atoms with E-state index >= 15 is 0 Å². The number of thioether (sulfide) groups is 1. The van der Waals surface area contributed by atoms with Crippen LogP contribution in [0, 0.1) is 0 Å². The van der Waals surface area contributed by atoms with Gasteiger partial charge in [0, 0.05) is 15.5 Å². The van der Waals surface area contributed by atoms with Crippen molar-refractivity contribution < 1.29 is 14.1 Å². The topological polar surface area (TPSA) is 77.3 Å². The summed E-state index contributed by atoms with van der Waals surface area (Å²) < 4.78 is 10.4. The maximum Gasteiger partial charge on any atom is 0.246 e. The molecule has 0 spiro atoms. The predicted octanol–water partition coefficient (Wildman–Crippen LogP) is 4.20. The summed E-state index contributed by atoms with van der Waals surface area (Å²) >= 11 is 7.32. The lowest BCUT2D eigenvalue weighted by Gasteiger charge is -2.10. The Morgan fingerprint density at radius 2 is 2.07 bits per heavy atom. The van der Waals surface area contributed by atoms with Crippen molar-refractivity contribution in [1.82, 2.24) is 15.5 Å². The van der Waals surface area contributed by atoms with Gasteiger partial charge in [-0.05, 0) is 43.3 Å². The van der Waals surface area contributed by atoms with Gasteiger partial charge in [0.25, 0.3) is 0 Å². The van der Waals surface area contributed by atoms with Crippen LogP contribution in [0.1, 0.15) is 12.8 Å². The van der Waals surface area contributed by atoms with Gasteiger partial charge >= 0.3 is 0 Å². The van der Waals surface area contributed by atoms with Crippen molar-refractivity contribution in [2.75, 3.05) is 7.11 Å². The number of carbonyl (C=O) groups is 1. The Labute approximate surface area is 166 Å². The average molecular weight is 404 g/mol. The molecule has 0 aliphatic heterocycles. The Kier molecular flexibility index (Phi) is 6.36. The van der Waals surface area contributed by atoms with E-state index < -0.39 is 0 Å². The van der Waals surface area contributed by atoms with E-state index in [1.807, 2.05) is 43.3 Å². The third-order valence-electron chi connectivity index (χ3n) is 3.71. The molecule has 140 valence electrons. The first-order valence-electron chi connectivity index (χ1n) is 8.22. The van der Waals surface area contributed by atoms with Gasteiger partial charge in [-0.2, -0.15) is 4.98 Å². The van der Waals surface area contributed by atoms with Crippen LogP contribution in [0.15, 0.2) is 57.9 Å². The van der Waals surface area contributed by atoms with Crippen LogP contribution in [0.4, 0.5) is 0 Å². The van der Waals surface area contributed by atoms with E-state index in [2.05, 4.69) is 15.5 Å². The molecule has 0 bridgehead atoms. The van der Waals surface area contributed by atoms with Gasteiger partial charge < -0.3 is 14.6 Å². The average Bonchev–Trinajstić information content (AvgIpc) is 3.17. The zero-order valence-corrected chi connectivity index (χ0v) is 16.4. The largest absolute Gasteiger partial charge is 0.497 e. The van der Waals surface area contributed by atoms with Crippen molar-refractivity contribution in [2.45, 2.75) is 23.6 Å². The number of nitrogens with zero attached hydrogens (tertiary/aromatic N) is 2. The Hall–Kier alpha value is -2.51. The molecule has 0 saturated heterocycles. The molecule has 8 heteroatoms. The van der Waals surface area contributed by atoms with Crippen LogP contribution in [-0.2, 0) is 11.3 Å². The van der Waals surface area contributed by atoms with E-state index in [0.717, 1.165) is 10.5 Å². The van der Waals surface area contributed by atoms with Gasteiger partial charge in [-0.15, -0.1) is 11.8 Å². The van der Waals surface area contributed by atoms with Crippen LogP contribution in [-0.4, -0.2) is 28.4 Å². The van der Waals surface area contributed by atoms with Gasteiger partial charge in [0.2, 0.25) is 17.6 Å².